The minimum Gasteiger partial charge on any atom is -0.323 e. The summed E-state index contributed by atoms with van der Waals surface area (Å²) >= 11 is 0. The van der Waals surface area contributed by atoms with Crippen LogP contribution in [0.3, 0.4) is 0 Å². The van der Waals surface area contributed by atoms with Gasteiger partial charge in [0.1, 0.15) is 0 Å². The molecule has 2 amide bonds. The quantitative estimate of drug-likeness (QED) is 0.867. The van der Waals surface area contributed by atoms with Gasteiger partial charge in [0.25, 0.3) is 5.91 Å². The second kappa shape index (κ2) is 5.88. The Morgan fingerprint density at radius 2 is 1.92 bits per heavy atom. The number of para-hydroxylation sites is 1. The third kappa shape index (κ3) is 2.54. The van der Waals surface area contributed by atoms with Crippen LogP contribution in [0.4, 0.5) is 11.4 Å². The number of hydrogen-bond acceptors (Lipinski definition) is 2. The molecule has 1 heterocycles. The second-order valence-electron chi connectivity index (χ2n) is 6.82. The third-order valence-corrected chi connectivity index (χ3v) is 5.35. The van der Waals surface area contributed by atoms with Crippen LogP contribution in [0.15, 0.2) is 61.2 Å². The lowest BCUT2D eigenvalue weighted by atomic mass is 9.66. The van der Waals surface area contributed by atoms with E-state index >= 15 is 0 Å². The van der Waals surface area contributed by atoms with Crippen molar-refractivity contribution in [1.29, 1.82) is 0 Å². The number of benzene rings is 2. The first-order valence-electron chi connectivity index (χ1n) is 8.58. The fraction of sp³-hybridized carbons (Fsp3) is 0.238. The monoisotopic (exact) mass is 332 g/mol. The topological polar surface area (TPSA) is 49.4 Å². The van der Waals surface area contributed by atoms with Crippen LogP contribution in [0.25, 0.3) is 0 Å². The van der Waals surface area contributed by atoms with Gasteiger partial charge in [-0.15, -0.1) is 0 Å². The standard InChI is InChI=1S/C21H20N2O2/c1-2-19(24)22-16-8-5-7-15(13-16)20(25)23-14-21(11-6-12-21)17-9-3-4-10-18(17)23/h2-5,7-10,13H,1,6,11-12,14H2,(H,22,24). The van der Waals surface area contributed by atoms with E-state index in [2.05, 4.69) is 24.0 Å². The average Bonchev–Trinajstić information content (AvgIpc) is 2.97. The second-order valence-corrected chi connectivity index (χ2v) is 6.82. The van der Waals surface area contributed by atoms with E-state index in [-0.39, 0.29) is 17.2 Å². The van der Waals surface area contributed by atoms with E-state index in [9.17, 15) is 9.59 Å². The number of rotatable bonds is 3. The lowest BCUT2D eigenvalue weighted by Crippen LogP contribution is -2.41. The van der Waals surface area contributed by atoms with Crippen LogP contribution in [0.2, 0.25) is 0 Å². The highest BCUT2D eigenvalue weighted by Gasteiger charge is 2.48. The third-order valence-electron chi connectivity index (χ3n) is 5.35. The zero-order valence-electron chi connectivity index (χ0n) is 14.0. The van der Waals surface area contributed by atoms with Crippen molar-refractivity contribution in [2.45, 2.75) is 24.7 Å². The molecule has 25 heavy (non-hydrogen) atoms. The zero-order valence-corrected chi connectivity index (χ0v) is 14.0. The van der Waals surface area contributed by atoms with Crippen molar-refractivity contribution in [2.24, 2.45) is 0 Å². The molecule has 4 rings (SSSR count). The van der Waals surface area contributed by atoms with Gasteiger partial charge in [-0.25, -0.2) is 0 Å². The van der Waals surface area contributed by atoms with E-state index in [1.54, 1.807) is 24.3 Å². The minimum absolute atomic E-state index is 0.0223. The summed E-state index contributed by atoms with van der Waals surface area (Å²) in [6, 6.07) is 15.3. The van der Waals surface area contributed by atoms with E-state index < -0.39 is 0 Å². The Balaban J connectivity index is 1.65. The molecule has 1 fully saturated rings. The molecule has 0 unspecified atom stereocenters. The number of carbonyl (C=O) groups is 2. The number of fused-ring (bicyclic) bond motifs is 2. The predicted octanol–water partition coefficient (Wildman–Crippen LogP) is 3.89. The SMILES string of the molecule is C=CC(=O)Nc1cccc(C(=O)N2CC3(CCC3)c3ccccc32)c1. The van der Waals surface area contributed by atoms with Crippen LogP contribution in [-0.4, -0.2) is 18.4 Å². The number of nitrogens with one attached hydrogen (secondary N) is 1. The van der Waals surface area contributed by atoms with Gasteiger partial charge in [0, 0.05) is 28.9 Å². The van der Waals surface area contributed by atoms with Gasteiger partial charge in [-0.1, -0.05) is 37.3 Å². The molecule has 1 aliphatic carbocycles. The Hall–Kier alpha value is -2.88. The van der Waals surface area contributed by atoms with Crippen molar-refractivity contribution in [2.75, 3.05) is 16.8 Å². The summed E-state index contributed by atoms with van der Waals surface area (Å²) in [5.74, 6) is -0.310. The molecule has 0 aromatic heterocycles. The van der Waals surface area contributed by atoms with Gasteiger partial charge in [-0.05, 0) is 48.7 Å². The predicted molar refractivity (Wildman–Crippen MR) is 98.9 cm³/mol. The van der Waals surface area contributed by atoms with E-state index in [0.717, 1.165) is 25.1 Å². The molecule has 2 aromatic rings. The van der Waals surface area contributed by atoms with E-state index in [4.69, 9.17) is 0 Å². The maximum Gasteiger partial charge on any atom is 0.258 e. The molecule has 1 saturated carbocycles. The summed E-state index contributed by atoms with van der Waals surface area (Å²) in [5, 5.41) is 2.71. The van der Waals surface area contributed by atoms with Gasteiger partial charge < -0.3 is 10.2 Å². The molecule has 126 valence electrons. The minimum atomic E-state index is -0.287. The Morgan fingerprint density at radius 1 is 1.12 bits per heavy atom. The molecule has 2 aromatic carbocycles. The highest BCUT2D eigenvalue weighted by Crippen LogP contribution is 2.52. The van der Waals surface area contributed by atoms with E-state index in [1.165, 1.54) is 18.1 Å². The summed E-state index contributed by atoms with van der Waals surface area (Å²) in [5.41, 5.74) is 3.63. The normalized spacial score (nSPS) is 16.9. The van der Waals surface area contributed by atoms with Gasteiger partial charge in [0.05, 0.1) is 0 Å². The summed E-state index contributed by atoms with van der Waals surface area (Å²) in [6.07, 6.45) is 4.72. The number of nitrogens with zero attached hydrogens (tertiary/aromatic N) is 1. The van der Waals surface area contributed by atoms with Gasteiger partial charge >= 0.3 is 0 Å². The first kappa shape index (κ1) is 15.6. The molecule has 0 atom stereocenters. The number of carbonyl (C=O) groups excluding carboxylic acids is 2. The molecule has 0 saturated heterocycles. The molecular weight excluding hydrogens is 312 g/mol. The largest absolute Gasteiger partial charge is 0.323 e. The van der Waals surface area contributed by atoms with Gasteiger partial charge in [-0.3, -0.25) is 9.59 Å². The fourth-order valence-corrected chi connectivity index (χ4v) is 3.92. The average molecular weight is 332 g/mol. The maximum absolute atomic E-state index is 13.1. The summed E-state index contributed by atoms with van der Waals surface area (Å²) < 4.78 is 0. The van der Waals surface area contributed by atoms with Crippen LogP contribution in [0.5, 0.6) is 0 Å². The Kier molecular flexibility index (Phi) is 3.68. The molecule has 4 heteroatoms. The summed E-state index contributed by atoms with van der Waals surface area (Å²) in [6.45, 7) is 4.19. The highest BCUT2D eigenvalue weighted by molar-refractivity contribution is 6.09. The smallest absolute Gasteiger partial charge is 0.258 e. The molecule has 0 bridgehead atoms. The van der Waals surface area contributed by atoms with Crippen LogP contribution < -0.4 is 10.2 Å². The van der Waals surface area contributed by atoms with Crippen molar-refractivity contribution < 1.29 is 9.59 Å². The first-order valence-corrected chi connectivity index (χ1v) is 8.58. The summed E-state index contributed by atoms with van der Waals surface area (Å²) in [7, 11) is 0. The van der Waals surface area contributed by atoms with Crippen LogP contribution in [0, 0.1) is 0 Å². The number of anilines is 2. The van der Waals surface area contributed by atoms with E-state index in [0.29, 0.717) is 11.3 Å². The van der Waals surface area contributed by atoms with Crippen molar-refractivity contribution in [1.82, 2.24) is 0 Å². The first-order chi connectivity index (χ1) is 12.1. The van der Waals surface area contributed by atoms with Crippen molar-refractivity contribution in [3.8, 4) is 0 Å². The molecule has 0 radical (unpaired) electrons. The highest BCUT2D eigenvalue weighted by atomic mass is 16.2. The Morgan fingerprint density at radius 3 is 2.64 bits per heavy atom. The molecule has 2 aliphatic rings. The fourth-order valence-electron chi connectivity index (χ4n) is 3.92. The summed E-state index contributed by atoms with van der Waals surface area (Å²) in [4.78, 5) is 26.5. The molecule has 1 spiro atoms. The number of amides is 2. The lowest BCUT2D eigenvalue weighted by Gasteiger charge is -2.39. The van der Waals surface area contributed by atoms with Gasteiger partial charge in [0.2, 0.25) is 5.91 Å². The van der Waals surface area contributed by atoms with Crippen LogP contribution in [0.1, 0.15) is 35.2 Å². The Labute approximate surface area is 147 Å². The zero-order chi connectivity index (χ0) is 17.4. The van der Waals surface area contributed by atoms with Crippen molar-refractivity contribution in [3.63, 3.8) is 0 Å². The lowest BCUT2D eigenvalue weighted by molar-refractivity contribution is -0.111. The molecule has 1 aliphatic heterocycles. The molecule has 1 N–H and O–H groups in total. The molecule has 4 nitrogen and oxygen atoms in total. The van der Waals surface area contributed by atoms with Crippen molar-refractivity contribution in [3.05, 3.63) is 72.3 Å². The van der Waals surface area contributed by atoms with Crippen LogP contribution >= 0.6 is 0 Å². The van der Waals surface area contributed by atoms with Gasteiger partial charge in [0.15, 0.2) is 0 Å². The van der Waals surface area contributed by atoms with Crippen LogP contribution in [-0.2, 0) is 10.2 Å². The van der Waals surface area contributed by atoms with Gasteiger partial charge in [-0.2, -0.15) is 0 Å². The number of hydrogen-bond donors (Lipinski definition) is 1. The maximum atomic E-state index is 13.1. The molecular formula is C21H20N2O2. The Bertz CT molecular complexity index is 868. The van der Waals surface area contributed by atoms with E-state index in [1.807, 2.05) is 17.0 Å². The van der Waals surface area contributed by atoms with Crippen molar-refractivity contribution >= 4 is 23.2 Å².